The molecule has 0 spiro atoms. The molecule has 1 aromatic heterocycles. The molecule has 1 N–H and O–H groups in total. The molecule has 27 heavy (non-hydrogen) atoms. The number of nitro groups is 1. The molecule has 0 atom stereocenters. The SMILES string of the molecule is CCCn1c(O)c(N=NC(=O)c2cccc([N+](=O)[O-])c2)c2cc(C)ccc21. The first-order chi connectivity index (χ1) is 12.9. The van der Waals surface area contributed by atoms with Crippen molar-refractivity contribution < 1.29 is 14.8 Å². The molecule has 0 saturated carbocycles. The van der Waals surface area contributed by atoms with E-state index in [1.807, 2.05) is 32.0 Å². The van der Waals surface area contributed by atoms with Crippen molar-refractivity contribution in [3.8, 4) is 5.88 Å². The standard InChI is InChI=1S/C19H18N4O4/c1-3-9-22-16-8-7-12(2)10-15(16)17(19(22)25)20-21-18(24)13-5-4-6-14(11-13)23(26)27/h4-8,10-11,25H,3,9H2,1-2H3. The first kappa shape index (κ1) is 18.2. The van der Waals surface area contributed by atoms with Gasteiger partial charge < -0.3 is 9.67 Å². The summed E-state index contributed by atoms with van der Waals surface area (Å²) in [6.07, 6.45) is 0.814. The van der Waals surface area contributed by atoms with Crippen molar-refractivity contribution in [2.45, 2.75) is 26.8 Å². The van der Waals surface area contributed by atoms with Crippen LogP contribution >= 0.6 is 0 Å². The summed E-state index contributed by atoms with van der Waals surface area (Å²) in [6.45, 7) is 4.51. The van der Waals surface area contributed by atoms with Gasteiger partial charge in [0, 0.05) is 24.1 Å². The third kappa shape index (κ3) is 3.55. The van der Waals surface area contributed by atoms with E-state index in [9.17, 15) is 20.0 Å². The smallest absolute Gasteiger partial charge is 0.295 e. The number of hydrogen-bond acceptors (Lipinski definition) is 5. The third-order valence-electron chi connectivity index (χ3n) is 4.16. The van der Waals surface area contributed by atoms with E-state index in [1.165, 1.54) is 18.2 Å². The third-order valence-corrected chi connectivity index (χ3v) is 4.16. The molecule has 8 heteroatoms. The Morgan fingerprint density at radius 2 is 2.04 bits per heavy atom. The van der Waals surface area contributed by atoms with Crippen LogP contribution in [0, 0.1) is 17.0 Å². The highest BCUT2D eigenvalue weighted by atomic mass is 16.6. The first-order valence-electron chi connectivity index (χ1n) is 8.44. The number of hydrogen-bond donors (Lipinski definition) is 1. The monoisotopic (exact) mass is 366 g/mol. The van der Waals surface area contributed by atoms with Crippen molar-refractivity contribution in [3.05, 3.63) is 63.7 Å². The largest absolute Gasteiger partial charge is 0.493 e. The van der Waals surface area contributed by atoms with E-state index >= 15 is 0 Å². The normalized spacial score (nSPS) is 11.3. The molecule has 8 nitrogen and oxygen atoms in total. The molecule has 0 bridgehead atoms. The van der Waals surface area contributed by atoms with E-state index in [0.717, 1.165) is 23.6 Å². The summed E-state index contributed by atoms with van der Waals surface area (Å²) >= 11 is 0. The number of carbonyl (C=O) groups is 1. The van der Waals surface area contributed by atoms with Crippen LogP contribution in [0.5, 0.6) is 5.88 Å². The fraction of sp³-hybridized carbons (Fsp3) is 0.211. The van der Waals surface area contributed by atoms with Crippen LogP contribution in [0.4, 0.5) is 11.4 Å². The van der Waals surface area contributed by atoms with Crippen molar-refractivity contribution in [3.63, 3.8) is 0 Å². The Balaban J connectivity index is 2.02. The Morgan fingerprint density at radius 1 is 1.26 bits per heavy atom. The number of aryl methyl sites for hydroxylation is 2. The lowest BCUT2D eigenvalue weighted by Gasteiger charge is -2.04. The number of nitrogens with zero attached hydrogens (tertiary/aromatic N) is 4. The van der Waals surface area contributed by atoms with Gasteiger partial charge in [0.2, 0.25) is 5.88 Å². The van der Waals surface area contributed by atoms with E-state index in [1.54, 1.807) is 4.57 Å². The zero-order valence-corrected chi connectivity index (χ0v) is 14.9. The van der Waals surface area contributed by atoms with E-state index in [4.69, 9.17) is 0 Å². The number of fused-ring (bicyclic) bond motifs is 1. The Bertz CT molecular complexity index is 1070. The zero-order valence-electron chi connectivity index (χ0n) is 14.9. The molecular formula is C19H18N4O4. The van der Waals surface area contributed by atoms with Gasteiger partial charge >= 0.3 is 0 Å². The van der Waals surface area contributed by atoms with Crippen molar-refractivity contribution in [1.82, 2.24) is 4.57 Å². The maximum Gasteiger partial charge on any atom is 0.295 e. The highest BCUT2D eigenvalue weighted by Gasteiger charge is 2.17. The molecule has 0 aliphatic rings. The Morgan fingerprint density at radius 3 is 2.74 bits per heavy atom. The molecule has 0 fully saturated rings. The van der Waals surface area contributed by atoms with Crippen LogP contribution < -0.4 is 0 Å². The van der Waals surface area contributed by atoms with Crippen molar-refractivity contribution in [2.75, 3.05) is 0 Å². The number of aromatic hydroxyl groups is 1. The van der Waals surface area contributed by atoms with E-state index in [-0.39, 0.29) is 22.8 Å². The molecular weight excluding hydrogens is 348 g/mol. The summed E-state index contributed by atoms with van der Waals surface area (Å²) in [5.41, 5.74) is 1.85. The molecule has 2 aromatic carbocycles. The van der Waals surface area contributed by atoms with Gasteiger partial charge in [-0.25, -0.2) is 0 Å². The van der Waals surface area contributed by atoms with Crippen molar-refractivity contribution >= 4 is 28.2 Å². The molecule has 3 aromatic rings. The Kier molecular flexibility index (Phi) is 4.98. The van der Waals surface area contributed by atoms with Crippen LogP contribution in [-0.2, 0) is 6.54 Å². The van der Waals surface area contributed by atoms with Gasteiger partial charge in [-0.2, -0.15) is 0 Å². The molecule has 1 amide bonds. The molecule has 0 unspecified atom stereocenters. The second-order valence-corrected chi connectivity index (χ2v) is 6.16. The van der Waals surface area contributed by atoms with Gasteiger partial charge in [0.05, 0.1) is 16.0 Å². The number of benzene rings is 2. The number of carbonyl (C=O) groups excluding carboxylic acids is 1. The van der Waals surface area contributed by atoms with Gasteiger partial charge in [-0.1, -0.05) is 24.6 Å². The van der Waals surface area contributed by atoms with Crippen LogP contribution in [0.15, 0.2) is 52.7 Å². The van der Waals surface area contributed by atoms with Crippen LogP contribution in [-0.4, -0.2) is 20.5 Å². The summed E-state index contributed by atoms with van der Waals surface area (Å²) in [5, 5.41) is 29.7. The average molecular weight is 366 g/mol. The quantitative estimate of drug-likeness (QED) is 0.393. The van der Waals surface area contributed by atoms with E-state index in [2.05, 4.69) is 10.2 Å². The minimum Gasteiger partial charge on any atom is -0.493 e. The highest BCUT2D eigenvalue weighted by Crippen LogP contribution is 2.39. The van der Waals surface area contributed by atoms with Crippen LogP contribution in [0.25, 0.3) is 10.9 Å². The average Bonchev–Trinajstić information content (AvgIpc) is 2.91. The second kappa shape index (κ2) is 7.36. The number of azo groups is 1. The molecule has 1 heterocycles. The van der Waals surface area contributed by atoms with Gasteiger partial charge in [-0.3, -0.25) is 14.9 Å². The highest BCUT2D eigenvalue weighted by molar-refractivity contribution is 5.97. The number of nitro benzene ring substituents is 1. The van der Waals surface area contributed by atoms with E-state index in [0.29, 0.717) is 11.9 Å². The van der Waals surface area contributed by atoms with Crippen molar-refractivity contribution in [2.24, 2.45) is 10.2 Å². The van der Waals surface area contributed by atoms with Crippen LogP contribution in [0.1, 0.15) is 29.3 Å². The van der Waals surface area contributed by atoms with Gasteiger partial charge in [0.15, 0.2) is 5.69 Å². The first-order valence-corrected chi connectivity index (χ1v) is 8.44. The summed E-state index contributed by atoms with van der Waals surface area (Å²) in [6, 6.07) is 11.0. The molecule has 0 aliphatic heterocycles. The molecule has 0 radical (unpaired) electrons. The predicted octanol–water partition coefficient (Wildman–Crippen LogP) is 4.90. The fourth-order valence-electron chi connectivity index (χ4n) is 2.89. The summed E-state index contributed by atoms with van der Waals surface area (Å²) < 4.78 is 1.72. The summed E-state index contributed by atoms with van der Waals surface area (Å²) in [7, 11) is 0. The van der Waals surface area contributed by atoms with Gasteiger partial charge in [0.25, 0.3) is 11.6 Å². The van der Waals surface area contributed by atoms with Crippen LogP contribution in [0.2, 0.25) is 0 Å². The summed E-state index contributed by atoms with van der Waals surface area (Å²) in [5.74, 6) is -0.782. The number of amides is 1. The van der Waals surface area contributed by atoms with Crippen LogP contribution in [0.3, 0.4) is 0 Å². The Hall–Kier alpha value is -3.55. The number of rotatable bonds is 5. The lowest BCUT2D eigenvalue weighted by Crippen LogP contribution is -1.96. The maximum absolute atomic E-state index is 12.3. The second-order valence-electron chi connectivity index (χ2n) is 6.16. The minimum atomic E-state index is -0.720. The maximum atomic E-state index is 12.3. The Labute approximate surface area is 154 Å². The number of aromatic nitrogens is 1. The molecule has 0 saturated heterocycles. The fourth-order valence-corrected chi connectivity index (χ4v) is 2.89. The zero-order chi connectivity index (χ0) is 19.6. The van der Waals surface area contributed by atoms with Gasteiger partial charge in [-0.05, 0) is 31.5 Å². The number of non-ortho nitro benzene ring substituents is 1. The van der Waals surface area contributed by atoms with Gasteiger partial charge in [-0.15, -0.1) is 10.2 Å². The van der Waals surface area contributed by atoms with Crippen molar-refractivity contribution in [1.29, 1.82) is 0 Å². The lowest BCUT2D eigenvalue weighted by molar-refractivity contribution is -0.384. The predicted molar refractivity (Wildman–Crippen MR) is 101 cm³/mol. The summed E-state index contributed by atoms with van der Waals surface area (Å²) in [4.78, 5) is 22.5. The topological polar surface area (TPSA) is 110 Å². The molecule has 138 valence electrons. The molecule has 0 aliphatic carbocycles. The molecule has 3 rings (SSSR count). The van der Waals surface area contributed by atoms with E-state index < -0.39 is 10.8 Å². The minimum absolute atomic E-state index is 0.0564. The lowest BCUT2D eigenvalue weighted by atomic mass is 10.1. The van der Waals surface area contributed by atoms with Gasteiger partial charge in [0.1, 0.15) is 0 Å².